The molecule has 6 nitrogen and oxygen atoms in total. The van der Waals surface area contributed by atoms with Crippen LogP contribution in [-0.4, -0.2) is 23.6 Å². The predicted octanol–water partition coefficient (Wildman–Crippen LogP) is 7.97. The molecule has 0 radical (unpaired) electrons. The summed E-state index contributed by atoms with van der Waals surface area (Å²) >= 11 is 0. The Hall–Kier alpha value is -4.58. The van der Waals surface area contributed by atoms with Gasteiger partial charge < -0.3 is 0 Å². The summed E-state index contributed by atoms with van der Waals surface area (Å²) in [5, 5.41) is 0. The number of hydrogen-bond acceptors (Lipinski definition) is 4. The van der Waals surface area contributed by atoms with Crippen LogP contribution in [0.4, 0.5) is 11.4 Å². The second-order valence-corrected chi connectivity index (χ2v) is 12.8. The average molecular weight is 619 g/mol. The number of amides is 4. The highest BCUT2D eigenvalue weighted by Crippen LogP contribution is 2.41. The van der Waals surface area contributed by atoms with Crippen LogP contribution in [0.2, 0.25) is 0 Å². The van der Waals surface area contributed by atoms with Crippen molar-refractivity contribution in [3.63, 3.8) is 0 Å². The predicted molar refractivity (Wildman–Crippen MR) is 186 cm³/mol. The number of rotatable bonds is 8. The van der Waals surface area contributed by atoms with E-state index in [9.17, 15) is 19.2 Å². The summed E-state index contributed by atoms with van der Waals surface area (Å²) in [4.78, 5) is 52.4. The minimum atomic E-state index is -0.330. The molecule has 240 valence electrons. The van der Waals surface area contributed by atoms with E-state index in [1.54, 1.807) is 0 Å². The molecule has 2 aliphatic heterocycles. The minimum absolute atomic E-state index is 0.302. The van der Waals surface area contributed by atoms with Gasteiger partial charge in [0.05, 0.1) is 11.4 Å². The minimum Gasteiger partial charge on any atom is -0.269 e. The van der Waals surface area contributed by atoms with Crippen molar-refractivity contribution in [1.82, 2.24) is 0 Å². The molecular weight excluding hydrogens is 572 g/mol. The van der Waals surface area contributed by atoms with Gasteiger partial charge in [0.25, 0.3) is 23.6 Å². The van der Waals surface area contributed by atoms with Crippen molar-refractivity contribution >= 4 is 35.0 Å². The van der Waals surface area contributed by atoms with Crippen LogP contribution >= 0.6 is 0 Å². The van der Waals surface area contributed by atoms with Crippen LogP contribution in [0.5, 0.6) is 0 Å². The van der Waals surface area contributed by atoms with E-state index in [4.69, 9.17) is 0 Å². The molecule has 5 rings (SSSR count). The quantitative estimate of drug-likeness (QED) is 0.240. The van der Waals surface area contributed by atoms with Crippen LogP contribution in [0.25, 0.3) is 0 Å². The maximum Gasteiger partial charge on any atom is 0.258 e. The Morgan fingerprint density at radius 1 is 0.500 bits per heavy atom. The van der Waals surface area contributed by atoms with Gasteiger partial charge >= 0.3 is 0 Å². The molecule has 3 aromatic rings. The lowest BCUT2D eigenvalue weighted by Gasteiger charge is -2.32. The maximum atomic E-state index is 12.5. The summed E-state index contributed by atoms with van der Waals surface area (Å²) in [5.41, 5.74) is 8.99. The molecule has 0 saturated heterocycles. The molecule has 0 aliphatic carbocycles. The zero-order chi connectivity index (χ0) is 34.1. The Morgan fingerprint density at radius 3 is 1.04 bits per heavy atom. The Kier molecular flexibility index (Phi) is 9.72. The Labute approximate surface area is 273 Å². The van der Waals surface area contributed by atoms with Crippen molar-refractivity contribution in [2.45, 2.75) is 92.9 Å². The molecule has 6 heteroatoms. The highest BCUT2D eigenvalue weighted by molar-refractivity contribution is 6.29. The van der Waals surface area contributed by atoms with Crippen LogP contribution in [-0.2, 0) is 42.8 Å². The lowest BCUT2D eigenvalue weighted by Crippen LogP contribution is -2.32. The number of imide groups is 2. The molecule has 0 atom stereocenters. The largest absolute Gasteiger partial charge is 0.269 e. The number of carbonyl (C=O) groups is 4. The molecule has 0 spiro atoms. The molecule has 2 heterocycles. The van der Waals surface area contributed by atoms with E-state index in [1.807, 2.05) is 41.5 Å². The van der Waals surface area contributed by atoms with Crippen LogP contribution in [0.3, 0.4) is 0 Å². The van der Waals surface area contributed by atoms with Crippen molar-refractivity contribution in [3.05, 3.63) is 117 Å². The standard InChI is InChI=1S/C38H40N2O4.C2H6/c1-9-25-21-29(19-23(3)35(25)39-31(41)15-16-32(39)42)37(5,6)27-11-13-28(14-12-27)38(7,8)30-20-24(4)36(26(10-2)22-30)40-33(43)17-18-34(40)44;1-2/h11-22H,9-10H2,1-8H3;1-2H3. The first-order valence-corrected chi connectivity index (χ1v) is 16.2. The SMILES string of the molecule is CC.CCc1cc(C(C)(C)c2ccc(C(C)(C)c3cc(C)c(N4C(=O)C=CC4=O)c(CC)c3)cc2)cc(C)c1N1C(=O)C=CC1=O. The van der Waals surface area contributed by atoms with Crippen LogP contribution in [0.1, 0.15) is 99.9 Å². The Bertz CT molecular complexity index is 1610. The fourth-order valence-corrected chi connectivity index (χ4v) is 6.48. The summed E-state index contributed by atoms with van der Waals surface area (Å²) in [6.07, 6.45) is 6.70. The molecule has 4 amide bonds. The number of benzene rings is 3. The zero-order valence-electron chi connectivity index (χ0n) is 28.9. The highest BCUT2D eigenvalue weighted by atomic mass is 16.2. The van der Waals surface area contributed by atoms with Gasteiger partial charge in [-0.3, -0.25) is 19.2 Å². The Morgan fingerprint density at radius 2 is 0.783 bits per heavy atom. The second kappa shape index (κ2) is 13.0. The molecular formula is C40H46N2O4. The van der Waals surface area contributed by atoms with Gasteiger partial charge in [-0.15, -0.1) is 0 Å². The van der Waals surface area contributed by atoms with Crippen molar-refractivity contribution in [3.8, 4) is 0 Å². The number of aryl methyl sites for hydroxylation is 4. The topological polar surface area (TPSA) is 74.8 Å². The van der Waals surface area contributed by atoms with Crippen molar-refractivity contribution in [2.75, 3.05) is 9.80 Å². The van der Waals surface area contributed by atoms with E-state index >= 15 is 0 Å². The molecule has 46 heavy (non-hydrogen) atoms. The summed E-state index contributed by atoms with van der Waals surface area (Å²) in [6.45, 7) is 20.8. The third-order valence-corrected chi connectivity index (χ3v) is 9.36. The number of carbonyl (C=O) groups excluding carboxylic acids is 4. The van der Waals surface area contributed by atoms with Crippen LogP contribution in [0.15, 0.2) is 72.8 Å². The Balaban J connectivity index is 0.00000235. The molecule has 0 unspecified atom stereocenters. The smallest absolute Gasteiger partial charge is 0.258 e. The first-order chi connectivity index (χ1) is 21.7. The van der Waals surface area contributed by atoms with Crippen molar-refractivity contribution in [2.24, 2.45) is 0 Å². The normalized spacial score (nSPS) is 14.8. The molecule has 0 bridgehead atoms. The number of anilines is 2. The van der Waals surface area contributed by atoms with E-state index in [0.29, 0.717) is 24.2 Å². The van der Waals surface area contributed by atoms with Gasteiger partial charge in [0, 0.05) is 35.1 Å². The van der Waals surface area contributed by atoms with E-state index < -0.39 is 0 Å². The molecule has 2 aliphatic rings. The summed E-state index contributed by atoms with van der Waals surface area (Å²) < 4.78 is 0. The maximum absolute atomic E-state index is 12.5. The molecule has 0 aromatic heterocycles. The second-order valence-electron chi connectivity index (χ2n) is 12.8. The van der Waals surface area contributed by atoms with Crippen molar-refractivity contribution < 1.29 is 19.2 Å². The van der Waals surface area contributed by atoms with E-state index in [-0.39, 0.29) is 34.5 Å². The fourth-order valence-electron chi connectivity index (χ4n) is 6.48. The van der Waals surface area contributed by atoms with Gasteiger partial charge in [-0.25, -0.2) is 9.80 Å². The van der Waals surface area contributed by atoms with Gasteiger partial charge in [0.1, 0.15) is 0 Å². The monoisotopic (exact) mass is 618 g/mol. The number of nitrogens with zero attached hydrogens (tertiary/aromatic N) is 2. The first-order valence-electron chi connectivity index (χ1n) is 16.2. The lowest BCUT2D eigenvalue weighted by molar-refractivity contribution is -0.121. The van der Waals surface area contributed by atoms with Gasteiger partial charge in [0.15, 0.2) is 0 Å². The van der Waals surface area contributed by atoms with Crippen LogP contribution in [0, 0.1) is 13.8 Å². The third kappa shape index (κ3) is 5.89. The van der Waals surface area contributed by atoms with Gasteiger partial charge in [-0.1, -0.05) is 104 Å². The fraction of sp³-hybridized carbons (Fsp3) is 0.350. The molecule has 0 fully saturated rings. The van der Waals surface area contributed by atoms with Gasteiger partial charge in [-0.2, -0.15) is 0 Å². The highest BCUT2D eigenvalue weighted by Gasteiger charge is 2.33. The third-order valence-electron chi connectivity index (χ3n) is 9.36. The lowest BCUT2D eigenvalue weighted by atomic mass is 9.73. The van der Waals surface area contributed by atoms with Gasteiger partial charge in [-0.05, 0) is 71.2 Å². The van der Waals surface area contributed by atoms with E-state index in [2.05, 4.69) is 76.2 Å². The average Bonchev–Trinajstić information content (AvgIpc) is 3.55. The zero-order valence-corrected chi connectivity index (χ0v) is 28.9. The summed E-state index contributed by atoms with van der Waals surface area (Å²) in [6, 6.07) is 17.1. The van der Waals surface area contributed by atoms with Crippen molar-refractivity contribution in [1.29, 1.82) is 0 Å². The molecule has 0 saturated carbocycles. The summed E-state index contributed by atoms with van der Waals surface area (Å²) in [7, 11) is 0. The van der Waals surface area contributed by atoms with E-state index in [1.165, 1.54) is 34.1 Å². The first kappa shape index (κ1) is 34.3. The summed E-state index contributed by atoms with van der Waals surface area (Å²) in [5.74, 6) is -1.21. The van der Waals surface area contributed by atoms with Gasteiger partial charge in [0.2, 0.25) is 0 Å². The van der Waals surface area contributed by atoms with E-state index in [0.717, 1.165) is 44.5 Å². The number of hydrogen-bond donors (Lipinski definition) is 0. The molecule has 0 N–H and O–H groups in total. The molecule has 3 aromatic carbocycles. The van der Waals surface area contributed by atoms with Crippen LogP contribution < -0.4 is 9.80 Å².